The zero-order chi connectivity index (χ0) is 18.9. The number of amides is 2. The van der Waals surface area contributed by atoms with Crippen LogP contribution in [0.4, 0.5) is 0 Å². The minimum Gasteiger partial charge on any atom is -0.507 e. The molecule has 0 atom stereocenters. The monoisotopic (exact) mass is 352 g/mol. The highest BCUT2D eigenvalue weighted by molar-refractivity contribution is 5.96. The van der Waals surface area contributed by atoms with Crippen molar-refractivity contribution < 1.29 is 14.7 Å². The van der Waals surface area contributed by atoms with Crippen LogP contribution in [0.1, 0.15) is 27.0 Å². The molecule has 0 aliphatic rings. The molecule has 8 nitrogen and oxygen atoms in total. The Kier molecular flexibility index (Phi) is 6.33. The van der Waals surface area contributed by atoms with E-state index >= 15 is 0 Å². The van der Waals surface area contributed by atoms with Gasteiger partial charge in [0.05, 0.1) is 11.5 Å². The van der Waals surface area contributed by atoms with Crippen LogP contribution < -0.4 is 10.9 Å². The number of aromatic hydroxyl groups is 1. The summed E-state index contributed by atoms with van der Waals surface area (Å²) in [5.74, 6) is -1.07. The van der Waals surface area contributed by atoms with Crippen molar-refractivity contribution in [1.82, 2.24) is 10.9 Å². The Bertz CT molecular complexity index is 891. The maximum absolute atomic E-state index is 12.1. The molecule has 0 radical (unpaired) electrons. The molecule has 132 valence electrons. The third kappa shape index (κ3) is 5.38. The third-order valence-corrected chi connectivity index (χ3v) is 3.28. The predicted molar refractivity (Wildman–Crippen MR) is 97.3 cm³/mol. The Labute approximate surface area is 149 Å². The molecule has 0 heterocycles. The second-order valence-corrected chi connectivity index (χ2v) is 5.29. The number of hydrogen-bond donors (Lipinski definition) is 3. The average Bonchev–Trinajstić information content (AvgIpc) is 2.63. The smallest absolute Gasteiger partial charge is 0.271 e. The second-order valence-electron chi connectivity index (χ2n) is 5.29. The molecule has 0 saturated heterocycles. The van der Waals surface area contributed by atoms with Crippen molar-refractivity contribution in [2.75, 3.05) is 0 Å². The maximum atomic E-state index is 12.1. The summed E-state index contributed by atoms with van der Waals surface area (Å²) in [7, 11) is 0. The summed E-state index contributed by atoms with van der Waals surface area (Å²) in [4.78, 5) is 33.2. The van der Waals surface area contributed by atoms with Crippen molar-refractivity contribution >= 4 is 24.1 Å². The Morgan fingerprint density at radius 3 is 2.69 bits per heavy atom. The fraction of sp³-hybridized carbons (Fsp3) is 0.0556. The topological polar surface area (TPSA) is 120 Å². The van der Waals surface area contributed by atoms with Gasteiger partial charge in [0.1, 0.15) is 5.75 Å². The standard InChI is InChI=1S/C18H16N4O4/c1-12-5-7-16(23)15(9-12)11-19-21-18(25)14-4-2-3-13(10-14)6-8-17(24)20-22-26/h2-11,23H,1H3,(H,21,25)(H,20,24,26). The van der Waals surface area contributed by atoms with Crippen molar-refractivity contribution in [2.45, 2.75) is 6.92 Å². The van der Waals surface area contributed by atoms with Crippen LogP contribution in [0, 0.1) is 11.8 Å². The molecule has 0 bridgehead atoms. The summed E-state index contributed by atoms with van der Waals surface area (Å²) >= 11 is 0. The van der Waals surface area contributed by atoms with Gasteiger partial charge < -0.3 is 5.11 Å². The van der Waals surface area contributed by atoms with Crippen LogP contribution in [-0.2, 0) is 4.79 Å². The Morgan fingerprint density at radius 1 is 1.12 bits per heavy atom. The number of carbonyl (C=O) groups excluding carboxylic acids is 2. The van der Waals surface area contributed by atoms with Crippen LogP contribution in [0.5, 0.6) is 5.75 Å². The van der Waals surface area contributed by atoms with E-state index in [0.29, 0.717) is 16.7 Å². The zero-order valence-corrected chi connectivity index (χ0v) is 13.8. The summed E-state index contributed by atoms with van der Waals surface area (Å²) in [5, 5.41) is 15.8. The highest BCUT2D eigenvalue weighted by Gasteiger charge is 2.05. The van der Waals surface area contributed by atoms with E-state index in [-0.39, 0.29) is 5.75 Å². The fourth-order valence-electron chi connectivity index (χ4n) is 2.04. The van der Waals surface area contributed by atoms with Gasteiger partial charge in [0.25, 0.3) is 11.8 Å². The van der Waals surface area contributed by atoms with Gasteiger partial charge in [-0.1, -0.05) is 23.8 Å². The molecule has 2 rings (SSSR count). The lowest BCUT2D eigenvalue weighted by Gasteiger charge is -2.02. The first-order valence-corrected chi connectivity index (χ1v) is 7.53. The summed E-state index contributed by atoms with van der Waals surface area (Å²) in [6.07, 6.45) is 3.91. The molecule has 3 N–H and O–H groups in total. The van der Waals surface area contributed by atoms with Crippen LogP contribution in [-0.4, -0.2) is 23.1 Å². The quantitative estimate of drug-likeness (QED) is 0.320. The predicted octanol–water partition coefficient (Wildman–Crippen LogP) is 2.28. The Balaban J connectivity index is 2.04. The van der Waals surface area contributed by atoms with Gasteiger partial charge in [-0.15, -0.1) is 4.91 Å². The number of nitrogens with one attached hydrogen (secondary N) is 2. The number of carbonyl (C=O) groups is 2. The number of aryl methyl sites for hydroxylation is 1. The van der Waals surface area contributed by atoms with Gasteiger partial charge in [0, 0.05) is 17.2 Å². The SMILES string of the molecule is Cc1ccc(O)c(C=NNC(=O)c2cccc(C=CC(=O)NN=O)c2)c1. The van der Waals surface area contributed by atoms with Gasteiger partial charge in [0.15, 0.2) is 0 Å². The van der Waals surface area contributed by atoms with E-state index in [9.17, 15) is 19.6 Å². The van der Waals surface area contributed by atoms with E-state index in [4.69, 9.17) is 0 Å². The normalized spacial score (nSPS) is 10.8. The molecule has 0 fully saturated rings. The average molecular weight is 352 g/mol. The second kappa shape index (κ2) is 8.88. The fourth-order valence-corrected chi connectivity index (χ4v) is 2.04. The van der Waals surface area contributed by atoms with E-state index in [2.05, 4.69) is 15.8 Å². The number of phenols is 1. The van der Waals surface area contributed by atoms with Crippen LogP contribution in [0.25, 0.3) is 6.08 Å². The molecule has 0 unspecified atom stereocenters. The number of benzene rings is 2. The molecule has 2 aromatic rings. The first kappa shape index (κ1) is 18.5. The lowest BCUT2D eigenvalue weighted by molar-refractivity contribution is -0.116. The van der Waals surface area contributed by atoms with Crippen molar-refractivity contribution in [3.8, 4) is 5.75 Å². The van der Waals surface area contributed by atoms with Crippen LogP contribution in [0.15, 0.2) is 58.9 Å². The van der Waals surface area contributed by atoms with E-state index < -0.39 is 11.8 Å². The molecule has 2 amide bonds. The van der Waals surface area contributed by atoms with Crippen LogP contribution in [0.2, 0.25) is 0 Å². The number of nitroso groups, excluding NO2 is 1. The number of phenolic OH excluding ortho intramolecular Hbond substituents is 1. The summed E-state index contributed by atoms with van der Waals surface area (Å²) in [5.41, 5.74) is 6.44. The van der Waals surface area contributed by atoms with Crippen LogP contribution in [0.3, 0.4) is 0 Å². The highest BCUT2D eigenvalue weighted by atomic mass is 16.3. The molecular formula is C18H16N4O4. The lowest BCUT2D eigenvalue weighted by atomic mass is 10.1. The van der Waals surface area contributed by atoms with E-state index in [1.165, 1.54) is 12.3 Å². The van der Waals surface area contributed by atoms with Crippen molar-refractivity contribution in [3.05, 3.63) is 75.7 Å². The molecule has 0 aliphatic carbocycles. The van der Waals surface area contributed by atoms with Gasteiger partial charge in [-0.05, 0) is 42.8 Å². The Hall–Kier alpha value is -3.81. The van der Waals surface area contributed by atoms with Gasteiger partial charge >= 0.3 is 0 Å². The number of rotatable bonds is 6. The molecule has 0 saturated carbocycles. The maximum Gasteiger partial charge on any atom is 0.271 e. The first-order chi connectivity index (χ1) is 12.5. The third-order valence-electron chi connectivity index (χ3n) is 3.28. The van der Waals surface area contributed by atoms with E-state index in [1.807, 2.05) is 6.92 Å². The van der Waals surface area contributed by atoms with Crippen molar-refractivity contribution in [3.63, 3.8) is 0 Å². The molecule has 0 aromatic heterocycles. The molecule has 2 aromatic carbocycles. The van der Waals surface area contributed by atoms with Gasteiger partial charge in [-0.25, -0.2) is 10.9 Å². The van der Waals surface area contributed by atoms with E-state index in [0.717, 1.165) is 11.6 Å². The summed E-state index contributed by atoms with van der Waals surface area (Å²) in [6, 6.07) is 11.5. The summed E-state index contributed by atoms with van der Waals surface area (Å²) < 4.78 is 0. The van der Waals surface area contributed by atoms with Gasteiger partial charge in [-0.2, -0.15) is 5.10 Å². The van der Waals surface area contributed by atoms with E-state index in [1.54, 1.807) is 47.9 Å². The lowest BCUT2D eigenvalue weighted by Crippen LogP contribution is -2.17. The molecule has 0 aliphatic heterocycles. The van der Waals surface area contributed by atoms with Crippen molar-refractivity contribution in [2.24, 2.45) is 10.4 Å². The van der Waals surface area contributed by atoms with Crippen LogP contribution >= 0.6 is 0 Å². The first-order valence-electron chi connectivity index (χ1n) is 7.53. The molecule has 0 spiro atoms. The van der Waals surface area contributed by atoms with Crippen molar-refractivity contribution in [1.29, 1.82) is 0 Å². The minimum absolute atomic E-state index is 0.0591. The Morgan fingerprint density at radius 2 is 1.92 bits per heavy atom. The largest absolute Gasteiger partial charge is 0.507 e. The molecule has 8 heteroatoms. The molecule has 26 heavy (non-hydrogen) atoms. The zero-order valence-electron chi connectivity index (χ0n) is 13.8. The van der Waals surface area contributed by atoms with Gasteiger partial charge in [-0.3, -0.25) is 9.59 Å². The summed E-state index contributed by atoms with van der Waals surface area (Å²) in [6.45, 7) is 1.87. The number of hydrogen-bond acceptors (Lipinski definition) is 6. The molecular weight excluding hydrogens is 336 g/mol. The number of nitrogens with zero attached hydrogens (tertiary/aromatic N) is 2. The highest BCUT2D eigenvalue weighted by Crippen LogP contribution is 2.15. The minimum atomic E-state index is -0.669. The van der Waals surface area contributed by atoms with Gasteiger partial charge in [0.2, 0.25) is 0 Å². The number of hydrazone groups is 1.